The van der Waals surface area contributed by atoms with E-state index >= 15 is 0 Å². The number of rotatable bonds is 6. The Morgan fingerprint density at radius 3 is 2.58 bits per heavy atom. The van der Waals surface area contributed by atoms with Crippen LogP contribution in [0.15, 0.2) is 58.2 Å². The Hall–Kier alpha value is -2.28. The van der Waals surface area contributed by atoms with Crippen LogP contribution in [0, 0.1) is 6.92 Å². The number of carbonyl (C=O) groups is 1. The lowest BCUT2D eigenvalue weighted by atomic mass is 10.2. The maximum atomic E-state index is 12.3. The number of benzene rings is 1. The first-order chi connectivity index (χ1) is 11.5. The van der Waals surface area contributed by atoms with Crippen LogP contribution in [0.2, 0.25) is 0 Å². The Morgan fingerprint density at radius 1 is 1.25 bits per heavy atom. The fraction of sp³-hybridized carbons (Fsp3) is 0.235. The zero-order valence-electron chi connectivity index (χ0n) is 13.3. The van der Waals surface area contributed by atoms with Crippen LogP contribution >= 0.6 is 11.8 Å². The number of aryl methyl sites for hydroxylation is 1. The van der Waals surface area contributed by atoms with Crippen molar-refractivity contribution in [3.05, 3.63) is 59.4 Å². The molecule has 0 aliphatic rings. The molecule has 1 aromatic carbocycles. The minimum absolute atomic E-state index is 0.00405. The molecule has 0 fully saturated rings. The molecule has 126 valence electrons. The van der Waals surface area contributed by atoms with Gasteiger partial charge in [-0.05, 0) is 43.3 Å². The van der Waals surface area contributed by atoms with Crippen LogP contribution in [0.1, 0.15) is 29.4 Å². The van der Waals surface area contributed by atoms with E-state index in [9.17, 15) is 13.6 Å². The molecule has 7 heteroatoms. The second kappa shape index (κ2) is 8.54. The smallest absolute Gasteiger partial charge is 0.341 e. The van der Waals surface area contributed by atoms with E-state index in [1.54, 1.807) is 6.92 Å². The largest absolute Gasteiger partial charge is 0.462 e. The minimum atomic E-state index is -1.74. The maximum Gasteiger partial charge on any atom is 0.341 e. The van der Waals surface area contributed by atoms with Gasteiger partial charge in [0.1, 0.15) is 0 Å². The number of hydrogen-bond acceptors (Lipinski definition) is 5. The molecule has 0 N–H and O–H groups in total. The van der Waals surface area contributed by atoms with Gasteiger partial charge in [0.05, 0.1) is 17.9 Å². The number of halogens is 2. The highest BCUT2D eigenvalue weighted by atomic mass is 32.2. The maximum absolute atomic E-state index is 12.3. The Labute approximate surface area is 143 Å². The highest BCUT2D eigenvalue weighted by molar-refractivity contribution is 7.99. The van der Waals surface area contributed by atoms with E-state index in [0.29, 0.717) is 10.9 Å². The number of aromatic nitrogens is 2. The summed E-state index contributed by atoms with van der Waals surface area (Å²) >= 11 is 1.38. The summed E-state index contributed by atoms with van der Waals surface area (Å²) in [5, 5.41) is 0.522. The molecule has 0 radical (unpaired) electrons. The van der Waals surface area contributed by atoms with Gasteiger partial charge in [-0.3, -0.25) is 0 Å². The van der Waals surface area contributed by atoms with E-state index in [4.69, 9.17) is 4.74 Å². The van der Waals surface area contributed by atoms with Gasteiger partial charge in [0.2, 0.25) is 0 Å². The normalized spacial score (nSPS) is 10.3. The second-order valence-corrected chi connectivity index (χ2v) is 6.03. The van der Waals surface area contributed by atoms with Crippen molar-refractivity contribution in [3.8, 4) is 0 Å². The summed E-state index contributed by atoms with van der Waals surface area (Å²) in [6, 6.07) is 9.62. The topological polar surface area (TPSA) is 52.1 Å². The number of esters is 1. The molecule has 0 spiro atoms. The number of hydrogen-bond donors (Lipinski definition) is 0. The molecule has 0 bridgehead atoms. The van der Waals surface area contributed by atoms with Crippen LogP contribution < -0.4 is 0 Å². The second-order valence-electron chi connectivity index (χ2n) is 4.99. The zero-order chi connectivity index (χ0) is 17.5. The molecule has 2 rings (SSSR count). The predicted octanol–water partition coefficient (Wildman–Crippen LogP) is 4.65. The molecular weight excluding hydrogens is 334 g/mol. The lowest BCUT2D eigenvalue weighted by Gasteiger charge is -2.07. The van der Waals surface area contributed by atoms with E-state index in [1.807, 2.05) is 30.3 Å². The Kier molecular flexibility index (Phi) is 6.43. The van der Waals surface area contributed by atoms with Gasteiger partial charge in [-0.1, -0.05) is 18.2 Å². The van der Waals surface area contributed by atoms with Crippen molar-refractivity contribution in [1.82, 2.24) is 9.97 Å². The van der Waals surface area contributed by atoms with Gasteiger partial charge < -0.3 is 4.74 Å². The van der Waals surface area contributed by atoms with Gasteiger partial charge in [0, 0.05) is 17.5 Å². The van der Waals surface area contributed by atoms with Gasteiger partial charge >= 0.3 is 5.97 Å². The summed E-state index contributed by atoms with van der Waals surface area (Å²) in [6.45, 7) is 2.87. The van der Waals surface area contributed by atoms with E-state index in [-0.39, 0.29) is 24.2 Å². The lowest BCUT2D eigenvalue weighted by molar-refractivity contribution is 0.0505. The summed E-state index contributed by atoms with van der Waals surface area (Å²) in [6.07, 6.45) is -0.350. The van der Waals surface area contributed by atoms with Gasteiger partial charge in [0.25, 0.3) is 6.08 Å². The first kappa shape index (κ1) is 18.1. The van der Waals surface area contributed by atoms with Crippen LogP contribution in [0.5, 0.6) is 0 Å². The third-order valence-corrected chi connectivity index (χ3v) is 4.05. The van der Waals surface area contributed by atoms with Crippen molar-refractivity contribution in [1.29, 1.82) is 0 Å². The van der Waals surface area contributed by atoms with E-state index in [1.165, 1.54) is 24.9 Å². The van der Waals surface area contributed by atoms with Gasteiger partial charge in [-0.25, -0.2) is 14.8 Å². The molecule has 0 saturated heterocycles. The van der Waals surface area contributed by atoms with Crippen LogP contribution in [0.25, 0.3) is 0 Å². The van der Waals surface area contributed by atoms with Gasteiger partial charge in [-0.2, -0.15) is 8.78 Å². The summed E-state index contributed by atoms with van der Waals surface area (Å²) in [4.78, 5) is 21.4. The van der Waals surface area contributed by atoms with Crippen LogP contribution in [-0.4, -0.2) is 22.5 Å². The Morgan fingerprint density at radius 2 is 1.96 bits per heavy atom. The molecule has 1 heterocycles. The number of ether oxygens (including phenoxy) is 1. The summed E-state index contributed by atoms with van der Waals surface area (Å²) in [7, 11) is 0. The average molecular weight is 350 g/mol. The van der Waals surface area contributed by atoms with Gasteiger partial charge in [-0.15, -0.1) is 0 Å². The van der Waals surface area contributed by atoms with Crippen LogP contribution in [0.3, 0.4) is 0 Å². The standard InChI is InChI=1S/C17H16F2N2O2S/c1-11(15(18)19)8-9-23-16(22)14-10-20-17(21-12(14)2)24-13-6-4-3-5-7-13/h3-7,10H,8-9H2,1-2H3. The Bertz CT molecular complexity index is 748. The number of carbonyl (C=O) groups excluding carboxylic acids is 1. The highest BCUT2D eigenvalue weighted by Crippen LogP contribution is 2.24. The monoisotopic (exact) mass is 350 g/mol. The molecule has 0 aliphatic carbocycles. The van der Waals surface area contributed by atoms with Crippen molar-refractivity contribution < 1.29 is 18.3 Å². The fourth-order valence-corrected chi connectivity index (χ4v) is 2.55. The zero-order valence-corrected chi connectivity index (χ0v) is 14.1. The molecule has 0 unspecified atom stereocenters. The third-order valence-electron chi connectivity index (χ3n) is 3.16. The highest BCUT2D eigenvalue weighted by Gasteiger charge is 2.14. The van der Waals surface area contributed by atoms with Gasteiger partial charge in [0.15, 0.2) is 5.16 Å². The number of nitrogens with zero attached hydrogens (tertiary/aromatic N) is 2. The van der Waals surface area contributed by atoms with E-state index in [0.717, 1.165) is 4.90 Å². The summed E-state index contributed by atoms with van der Waals surface area (Å²) in [5.41, 5.74) is 0.623. The molecule has 0 aliphatic heterocycles. The molecule has 1 aromatic heterocycles. The van der Waals surface area contributed by atoms with Crippen LogP contribution in [0.4, 0.5) is 8.78 Å². The van der Waals surface area contributed by atoms with Crippen molar-refractivity contribution >= 4 is 17.7 Å². The molecule has 24 heavy (non-hydrogen) atoms. The lowest BCUT2D eigenvalue weighted by Crippen LogP contribution is -2.10. The Balaban J connectivity index is 1.99. The SMILES string of the molecule is CC(CCOC(=O)c1cnc(Sc2ccccc2)nc1C)=C(F)F. The summed E-state index contributed by atoms with van der Waals surface area (Å²) < 4.78 is 29.6. The van der Waals surface area contributed by atoms with Crippen molar-refractivity contribution in [2.24, 2.45) is 0 Å². The van der Waals surface area contributed by atoms with Crippen molar-refractivity contribution in [3.63, 3.8) is 0 Å². The van der Waals surface area contributed by atoms with E-state index in [2.05, 4.69) is 9.97 Å². The minimum Gasteiger partial charge on any atom is -0.462 e. The molecule has 0 atom stereocenters. The van der Waals surface area contributed by atoms with Crippen molar-refractivity contribution in [2.45, 2.75) is 30.3 Å². The van der Waals surface area contributed by atoms with E-state index < -0.39 is 12.0 Å². The summed E-state index contributed by atoms with van der Waals surface area (Å²) in [5.74, 6) is -0.615. The molecule has 0 amide bonds. The van der Waals surface area contributed by atoms with Crippen molar-refractivity contribution in [2.75, 3.05) is 6.61 Å². The molecule has 2 aromatic rings. The first-order valence-electron chi connectivity index (χ1n) is 7.22. The molecular formula is C17H16F2N2O2S. The molecule has 0 saturated carbocycles. The first-order valence-corrected chi connectivity index (χ1v) is 8.03. The fourth-order valence-electron chi connectivity index (χ4n) is 1.76. The quantitative estimate of drug-likeness (QED) is 0.560. The average Bonchev–Trinajstić information content (AvgIpc) is 2.55. The molecule has 4 nitrogen and oxygen atoms in total. The third kappa shape index (κ3) is 5.13. The van der Waals surface area contributed by atoms with Crippen LogP contribution in [-0.2, 0) is 4.74 Å². The predicted molar refractivity (Wildman–Crippen MR) is 87.1 cm³/mol.